The highest BCUT2D eigenvalue weighted by molar-refractivity contribution is 9.08. The highest BCUT2D eigenvalue weighted by atomic mass is 79.9. The van der Waals surface area contributed by atoms with Crippen molar-refractivity contribution in [1.82, 2.24) is 4.98 Å². The third-order valence-corrected chi connectivity index (χ3v) is 2.42. The minimum absolute atomic E-state index is 0.364. The number of aromatic nitrogens is 1. The van der Waals surface area contributed by atoms with Gasteiger partial charge in [0, 0.05) is 10.9 Å². The van der Waals surface area contributed by atoms with Crippen LogP contribution in [0.4, 0.5) is 22.0 Å². The van der Waals surface area contributed by atoms with Crippen LogP contribution in [0, 0.1) is 11.3 Å². The zero-order valence-corrected chi connectivity index (χ0v) is 9.61. The minimum Gasteiger partial charge on any atom is -0.241 e. The normalized spacial score (nSPS) is 11.6. The SMILES string of the molecule is N#Cc1cc(C(F)F)c(C(F)(F)F)c(CBr)n1. The van der Waals surface area contributed by atoms with Gasteiger partial charge in [-0.1, -0.05) is 15.9 Å². The predicted molar refractivity (Wildman–Crippen MR) is 51.5 cm³/mol. The Bertz CT molecular complexity index is 464. The topological polar surface area (TPSA) is 36.7 Å². The number of nitriles is 1. The molecule has 2 nitrogen and oxygen atoms in total. The maximum atomic E-state index is 12.6. The van der Waals surface area contributed by atoms with Gasteiger partial charge in [0.1, 0.15) is 11.8 Å². The smallest absolute Gasteiger partial charge is 0.241 e. The number of hydrogen-bond acceptors (Lipinski definition) is 2. The van der Waals surface area contributed by atoms with Crippen molar-refractivity contribution < 1.29 is 22.0 Å². The van der Waals surface area contributed by atoms with Gasteiger partial charge in [0.2, 0.25) is 0 Å². The van der Waals surface area contributed by atoms with Crippen LogP contribution in [-0.4, -0.2) is 4.98 Å². The van der Waals surface area contributed by atoms with Crippen molar-refractivity contribution in [3.05, 3.63) is 28.6 Å². The molecule has 0 N–H and O–H groups in total. The monoisotopic (exact) mass is 314 g/mol. The summed E-state index contributed by atoms with van der Waals surface area (Å²) in [6.45, 7) is 0. The lowest BCUT2D eigenvalue weighted by atomic mass is 10.1. The number of rotatable bonds is 2. The highest BCUT2D eigenvalue weighted by Gasteiger charge is 2.39. The van der Waals surface area contributed by atoms with Crippen molar-refractivity contribution in [3.63, 3.8) is 0 Å². The van der Waals surface area contributed by atoms with Crippen LogP contribution in [0.25, 0.3) is 0 Å². The Kier molecular flexibility index (Phi) is 4.03. The molecule has 0 fully saturated rings. The van der Waals surface area contributed by atoms with Crippen LogP contribution in [0.2, 0.25) is 0 Å². The molecule has 0 saturated heterocycles. The van der Waals surface area contributed by atoms with Gasteiger partial charge in [0.15, 0.2) is 0 Å². The Hall–Kier alpha value is -1.23. The summed E-state index contributed by atoms with van der Waals surface area (Å²) in [7, 11) is 0. The van der Waals surface area contributed by atoms with Gasteiger partial charge < -0.3 is 0 Å². The van der Waals surface area contributed by atoms with Gasteiger partial charge >= 0.3 is 6.18 Å². The third kappa shape index (κ3) is 2.91. The molecule has 1 aromatic rings. The zero-order valence-electron chi connectivity index (χ0n) is 8.02. The molecule has 92 valence electrons. The summed E-state index contributed by atoms with van der Waals surface area (Å²) in [4.78, 5) is 3.36. The summed E-state index contributed by atoms with van der Waals surface area (Å²) in [5, 5.41) is 8.14. The first-order valence-electron chi connectivity index (χ1n) is 4.16. The quantitative estimate of drug-likeness (QED) is 0.615. The van der Waals surface area contributed by atoms with E-state index in [2.05, 4.69) is 20.9 Å². The van der Waals surface area contributed by atoms with E-state index in [1.54, 1.807) is 0 Å². The maximum Gasteiger partial charge on any atom is 0.418 e. The van der Waals surface area contributed by atoms with Gasteiger partial charge in [-0.25, -0.2) is 13.8 Å². The van der Waals surface area contributed by atoms with Crippen molar-refractivity contribution in [3.8, 4) is 6.07 Å². The Balaban J connectivity index is 3.60. The first kappa shape index (κ1) is 13.8. The largest absolute Gasteiger partial charge is 0.418 e. The van der Waals surface area contributed by atoms with Crippen molar-refractivity contribution in [2.45, 2.75) is 17.9 Å². The van der Waals surface area contributed by atoms with Crippen LogP contribution in [0.5, 0.6) is 0 Å². The first-order valence-corrected chi connectivity index (χ1v) is 5.28. The highest BCUT2D eigenvalue weighted by Crippen LogP contribution is 2.38. The summed E-state index contributed by atoms with van der Waals surface area (Å²) in [5.41, 5.74) is -3.79. The number of pyridine rings is 1. The Morgan fingerprint density at radius 1 is 1.41 bits per heavy atom. The first-order chi connectivity index (χ1) is 7.81. The lowest BCUT2D eigenvalue weighted by molar-refractivity contribution is -0.140. The number of nitrogens with zero attached hydrogens (tertiary/aromatic N) is 2. The molecular weight excluding hydrogens is 311 g/mol. The second-order valence-electron chi connectivity index (χ2n) is 2.96. The average Bonchev–Trinajstić information content (AvgIpc) is 2.25. The Morgan fingerprint density at radius 3 is 2.35 bits per heavy atom. The molecule has 1 heterocycles. The third-order valence-electron chi connectivity index (χ3n) is 1.88. The summed E-state index contributed by atoms with van der Waals surface area (Å²) < 4.78 is 62.9. The Labute approximate surface area is 101 Å². The van der Waals surface area contributed by atoms with E-state index >= 15 is 0 Å². The summed E-state index contributed by atoms with van der Waals surface area (Å²) in [6, 6.07) is 1.90. The molecule has 0 radical (unpaired) electrons. The van der Waals surface area contributed by atoms with E-state index in [0.717, 1.165) is 0 Å². The standard InChI is InChI=1S/C9H4BrF5N2/c10-2-6-7(9(13,14)15)5(8(11)12)1-4(3-16)17-6/h1,8H,2H2. The lowest BCUT2D eigenvalue weighted by Gasteiger charge is -2.15. The fraction of sp³-hybridized carbons (Fsp3) is 0.333. The van der Waals surface area contributed by atoms with Crippen LogP contribution in [0.15, 0.2) is 6.07 Å². The van der Waals surface area contributed by atoms with Gasteiger partial charge in [-0.2, -0.15) is 18.4 Å². The second kappa shape index (κ2) is 4.96. The van der Waals surface area contributed by atoms with Crippen molar-refractivity contribution in [2.75, 3.05) is 0 Å². The van der Waals surface area contributed by atoms with Gasteiger partial charge in [0.05, 0.1) is 11.3 Å². The molecule has 1 aromatic heterocycles. The van der Waals surface area contributed by atoms with Crippen molar-refractivity contribution >= 4 is 15.9 Å². The minimum atomic E-state index is -4.93. The van der Waals surface area contributed by atoms with E-state index in [-0.39, 0.29) is 5.33 Å². The van der Waals surface area contributed by atoms with Crippen molar-refractivity contribution in [2.24, 2.45) is 0 Å². The molecule has 0 aliphatic carbocycles. The molecule has 0 unspecified atom stereocenters. The molecule has 1 rings (SSSR count). The van der Waals surface area contributed by atoms with Crippen LogP contribution in [-0.2, 0) is 11.5 Å². The van der Waals surface area contributed by atoms with E-state index in [4.69, 9.17) is 5.26 Å². The molecular formula is C9H4BrF5N2. The van der Waals surface area contributed by atoms with E-state index in [1.165, 1.54) is 6.07 Å². The van der Waals surface area contributed by atoms with Gasteiger partial charge in [-0.3, -0.25) is 0 Å². The Morgan fingerprint density at radius 2 is 2.00 bits per heavy atom. The van der Waals surface area contributed by atoms with E-state index < -0.39 is 35.1 Å². The predicted octanol–water partition coefficient (Wildman–Crippen LogP) is 3.80. The lowest BCUT2D eigenvalue weighted by Crippen LogP contribution is -2.15. The molecule has 0 aromatic carbocycles. The van der Waals surface area contributed by atoms with Crippen molar-refractivity contribution in [1.29, 1.82) is 5.26 Å². The summed E-state index contributed by atoms with van der Waals surface area (Å²) in [5.74, 6) is 0. The number of alkyl halides is 6. The van der Waals surface area contributed by atoms with Gasteiger partial charge in [-0.05, 0) is 6.07 Å². The van der Waals surface area contributed by atoms with Crippen LogP contribution in [0.3, 0.4) is 0 Å². The second-order valence-corrected chi connectivity index (χ2v) is 3.52. The van der Waals surface area contributed by atoms with Gasteiger partial charge in [0.25, 0.3) is 6.43 Å². The molecule has 0 amide bonds. The fourth-order valence-electron chi connectivity index (χ4n) is 1.27. The maximum absolute atomic E-state index is 12.6. The molecule has 0 saturated carbocycles. The molecule has 0 spiro atoms. The fourth-order valence-corrected chi connectivity index (χ4v) is 1.68. The molecule has 17 heavy (non-hydrogen) atoms. The molecule has 0 aliphatic heterocycles. The van der Waals surface area contributed by atoms with Gasteiger partial charge in [-0.15, -0.1) is 0 Å². The number of halogens is 6. The van der Waals surface area contributed by atoms with Crippen LogP contribution in [0.1, 0.15) is 28.9 Å². The average molecular weight is 315 g/mol. The number of hydrogen-bond donors (Lipinski definition) is 0. The molecule has 0 bridgehead atoms. The van der Waals surface area contributed by atoms with E-state index in [1.807, 2.05) is 0 Å². The van der Waals surface area contributed by atoms with Crippen LogP contribution >= 0.6 is 15.9 Å². The van der Waals surface area contributed by atoms with E-state index in [0.29, 0.717) is 6.07 Å². The van der Waals surface area contributed by atoms with Crippen LogP contribution < -0.4 is 0 Å². The zero-order chi connectivity index (χ0) is 13.2. The molecule has 0 atom stereocenters. The summed E-state index contributed by atoms with van der Waals surface area (Å²) in [6.07, 6.45) is -8.25. The molecule has 8 heteroatoms. The van der Waals surface area contributed by atoms with E-state index in [9.17, 15) is 22.0 Å². The molecule has 0 aliphatic rings. The summed E-state index contributed by atoms with van der Waals surface area (Å²) >= 11 is 2.73.